The standard InChI is InChI=1S/C13H10N2S/c14-13(15)12-7-10-5-8-3-1-2-4-9(8)6-11(10)16-12/h1-7H,(H3,14,15). The lowest BCUT2D eigenvalue weighted by Gasteiger charge is -1.96. The van der Waals surface area contributed by atoms with Crippen LogP contribution in [-0.4, -0.2) is 5.84 Å². The fourth-order valence-corrected chi connectivity index (χ4v) is 2.81. The zero-order valence-corrected chi connectivity index (χ0v) is 9.34. The van der Waals surface area contributed by atoms with E-state index in [0.717, 1.165) is 10.3 Å². The van der Waals surface area contributed by atoms with Gasteiger partial charge < -0.3 is 5.73 Å². The molecule has 2 nitrogen and oxygen atoms in total. The number of benzene rings is 2. The largest absolute Gasteiger partial charge is 0.383 e. The lowest BCUT2D eigenvalue weighted by Crippen LogP contribution is -2.08. The molecule has 0 aliphatic carbocycles. The number of nitrogens with one attached hydrogen (secondary N) is 1. The number of nitrogens with two attached hydrogens (primary N) is 1. The van der Waals surface area contributed by atoms with Crippen molar-refractivity contribution >= 4 is 38.0 Å². The van der Waals surface area contributed by atoms with E-state index in [-0.39, 0.29) is 5.84 Å². The van der Waals surface area contributed by atoms with Crippen molar-refractivity contribution in [3.05, 3.63) is 47.3 Å². The highest BCUT2D eigenvalue weighted by Gasteiger charge is 2.05. The van der Waals surface area contributed by atoms with Gasteiger partial charge in [0.15, 0.2) is 0 Å². The molecule has 0 unspecified atom stereocenters. The molecule has 3 N–H and O–H groups in total. The topological polar surface area (TPSA) is 49.9 Å². The summed E-state index contributed by atoms with van der Waals surface area (Å²) in [7, 11) is 0. The third kappa shape index (κ3) is 1.37. The second-order valence-electron chi connectivity index (χ2n) is 3.76. The van der Waals surface area contributed by atoms with Crippen LogP contribution in [-0.2, 0) is 0 Å². The molecule has 0 spiro atoms. The highest BCUT2D eigenvalue weighted by Crippen LogP contribution is 2.29. The lowest BCUT2D eigenvalue weighted by molar-refractivity contribution is 1.46. The summed E-state index contributed by atoms with van der Waals surface area (Å²) < 4.78 is 1.18. The molecule has 3 rings (SSSR count). The Balaban J connectivity index is 2.38. The molecule has 0 bridgehead atoms. The Labute approximate surface area is 96.8 Å². The second-order valence-corrected chi connectivity index (χ2v) is 4.85. The van der Waals surface area contributed by atoms with Crippen LogP contribution in [0.5, 0.6) is 0 Å². The summed E-state index contributed by atoms with van der Waals surface area (Å²) in [6.07, 6.45) is 0. The molecule has 16 heavy (non-hydrogen) atoms. The number of thiophene rings is 1. The predicted molar refractivity (Wildman–Crippen MR) is 70.3 cm³/mol. The van der Waals surface area contributed by atoms with E-state index in [1.807, 2.05) is 18.2 Å². The Morgan fingerprint density at radius 3 is 2.38 bits per heavy atom. The minimum Gasteiger partial charge on any atom is -0.383 e. The average Bonchev–Trinajstić information content (AvgIpc) is 2.68. The molecule has 0 saturated carbocycles. The van der Waals surface area contributed by atoms with Gasteiger partial charge in [-0.25, -0.2) is 0 Å². The van der Waals surface area contributed by atoms with Crippen LogP contribution in [0.25, 0.3) is 20.9 Å². The monoisotopic (exact) mass is 226 g/mol. The Kier molecular flexibility index (Phi) is 1.94. The molecule has 0 radical (unpaired) electrons. The van der Waals surface area contributed by atoms with E-state index in [2.05, 4.69) is 24.3 Å². The van der Waals surface area contributed by atoms with E-state index < -0.39 is 0 Å². The first-order valence-electron chi connectivity index (χ1n) is 5.01. The Bertz CT molecular complexity index is 645. The van der Waals surface area contributed by atoms with Gasteiger partial charge in [-0.2, -0.15) is 0 Å². The summed E-state index contributed by atoms with van der Waals surface area (Å²) in [5.41, 5.74) is 5.50. The van der Waals surface area contributed by atoms with Crippen molar-refractivity contribution in [3.8, 4) is 0 Å². The number of fused-ring (bicyclic) bond motifs is 2. The van der Waals surface area contributed by atoms with Gasteiger partial charge in [0.1, 0.15) is 5.84 Å². The van der Waals surface area contributed by atoms with Crippen molar-refractivity contribution in [2.75, 3.05) is 0 Å². The molecule has 0 aliphatic heterocycles. The molecule has 0 amide bonds. The number of nitrogen functional groups attached to an aromatic ring is 1. The van der Waals surface area contributed by atoms with Crippen LogP contribution in [0.15, 0.2) is 42.5 Å². The zero-order chi connectivity index (χ0) is 11.1. The number of amidine groups is 1. The zero-order valence-electron chi connectivity index (χ0n) is 8.53. The third-order valence-electron chi connectivity index (χ3n) is 2.65. The Morgan fingerprint density at radius 1 is 1.00 bits per heavy atom. The van der Waals surface area contributed by atoms with Crippen LogP contribution < -0.4 is 5.73 Å². The molecule has 1 heterocycles. The first kappa shape index (κ1) is 9.36. The van der Waals surface area contributed by atoms with Crippen molar-refractivity contribution in [1.82, 2.24) is 0 Å². The van der Waals surface area contributed by atoms with Gasteiger partial charge in [-0.3, -0.25) is 5.41 Å². The van der Waals surface area contributed by atoms with Crippen molar-refractivity contribution in [3.63, 3.8) is 0 Å². The van der Waals surface area contributed by atoms with Gasteiger partial charge in [-0.15, -0.1) is 11.3 Å². The molecular weight excluding hydrogens is 216 g/mol. The summed E-state index contributed by atoms with van der Waals surface area (Å²) in [5, 5.41) is 11.1. The van der Waals surface area contributed by atoms with Gasteiger partial charge in [-0.1, -0.05) is 24.3 Å². The van der Waals surface area contributed by atoms with E-state index in [4.69, 9.17) is 11.1 Å². The molecule has 3 aromatic rings. The molecule has 3 heteroatoms. The fraction of sp³-hybridized carbons (Fsp3) is 0. The van der Waals surface area contributed by atoms with Crippen molar-refractivity contribution < 1.29 is 0 Å². The third-order valence-corrected chi connectivity index (χ3v) is 3.78. The van der Waals surface area contributed by atoms with Crippen LogP contribution in [0.4, 0.5) is 0 Å². The van der Waals surface area contributed by atoms with Crippen molar-refractivity contribution in [2.45, 2.75) is 0 Å². The molecule has 2 aromatic carbocycles. The summed E-state index contributed by atoms with van der Waals surface area (Å²) in [4.78, 5) is 0.838. The first-order valence-corrected chi connectivity index (χ1v) is 5.82. The molecule has 1 aromatic heterocycles. The first-order chi connectivity index (χ1) is 7.74. The van der Waals surface area contributed by atoms with E-state index in [1.54, 1.807) is 11.3 Å². The minimum atomic E-state index is 0.144. The van der Waals surface area contributed by atoms with Gasteiger partial charge in [0.2, 0.25) is 0 Å². The van der Waals surface area contributed by atoms with Crippen LogP contribution in [0.3, 0.4) is 0 Å². The smallest absolute Gasteiger partial charge is 0.133 e. The number of hydrogen-bond donors (Lipinski definition) is 2. The summed E-state index contributed by atoms with van der Waals surface area (Å²) in [6, 6.07) is 14.5. The number of hydrogen-bond acceptors (Lipinski definition) is 2. The summed E-state index contributed by atoms with van der Waals surface area (Å²) in [5.74, 6) is 0.144. The second kappa shape index (κ2) is 3.32. The maximum Gasteiger partial charge on any atom is 0.133 e. The highest BCUT2D eigenvalue weighted by molar-refractivity contribution is 7.20. The van der Waals surface area contributed by atoms with E-state index in [0.29, 0.717) is 0 Å². The van der Waals surface area contributed by atoms with Crippen LogP contribution in [0.2, 0.25) is 0 Å². The van der Waals surface area contributed by atoms with Gasteiger partial charge in [0.25, 0.3) is 0 Å². The Morgan fingerprint density at radius 2 is 1.69 bits per heavy atom. The van der Waals surface area contributed by atoms with E-state index in [1.165, 1.54) is 15.5 Å². The van der Waals surface area contributed by atoms with Gasteiger partial charge in [-0.05, 0) is 34.4 Å². The quantitative estimate of drug-likeness (QED) is 0.485. The maximum absolute atomic E-state index is 7.44. The van der Waals surface area contributed by atoms with Gasteiger partial charge in [0, 0.05) is 4.70 Å². The molecular formula is C13H10N2S. The summed E-state index contributed by atoms with van der Waals surface area (Å²) >= 11 is 1.57. The normalized spacial score (nSPS) is 11.0. The van der Waals surface area contributed by atoms with Gasteiger partial charge in [0.05, 0.1) is 4.88 Å². The summed E-state index contributed by atoms with van der Waals surface area (Å²) in [6.45, 7) is 0. The molecule has 0 fully saturated rings. The van der Waals surface area contributed by atoms with Crippen LogP contribution >= 0.6 is 11.3 Å². The van der Waals surface area contributed by atoms with Crippen LogP contribution in [0, 0.1) is 5.41 Å². The predicted octanol–water partition coefficient (Wildman–Crippen LogP) is 3.34. The van der Waals surface area contributed by atoms with Crippen LogP contribution in [0.1, 0.15) is 4.88 Å². The molecule has 0 aliphatic rings. The minimum absolute atomic E-state index is 0.144. The maximum atomic E-state index is 7.44. The van der Waals surface area contributed by atoms with Crippen molar-refractivity contribution in [2.24, 2.45) is 5.73 Å². The molecule has 78 valence electrons. The highest BCUT2D eigenvalue weighted by atomic mass is 32.1. The molecule has 0 atom stereocenters. The van der Waals surface area contributed by atoms with E-state index in [9.17, 15) is 0 Å². The Hall–Kier alpha value is -1.87. The molecule has 0 saturated heterocycles. The van der Waals surface area contributed by atoms with Gasteiger partial charge >= 0.3 is 0 Å². The SMILES string of the molecule is N=C(N)c1cc2cc3ccccc3cc2s1. The lowest BCUT2D eigenvalue weighted by atomic mass is 10.1. The van der Waals surface area contributed by atoms with Crippen molar-refractivity contribution in [1.29, 1.82) is 5.41 Å². The van der Waals surface area contributed by atoms with E-state index >= 15 is 0 Å². The average molecular weight is 226 g/mol. The number of rotatable bonds is 1. The fourth-order valence-electron chi connectivity index (χ4n) is 1.86.